The Hall–Kier alpha value is -3.43. The lowest BCUT2D eigenvalue weighted by Gasteiger charge is -2.55. The molecule has 0 bridgehead atoms. The number of likely N-dealkylation sites (tertiary alicyclic amines) is 1. The number of amides is 1. The van der Waals surface area contributed by atoms with Crippen molar-refractivity contribution < 1.29 is 36.2 Å². The molecule has 0 saturated carbocycles. The number of carbonyl (C=O) groups excluding carboxylic acids is 1. The maximum Gasteiger partial charge on any atom is 0.417 e. The zero-order valence-electron chi connectivity index (χ0n) is 27.1. The molecule has 0 radical (unpaired) electrons. The zero-order chi connectivity index (χ0) is 34.4. The summed E-state index contributed by atoms with van der Waals surface area (Å²) in [6, 6.07) is 2.36. The van der Waals surface area contributed by atoms with Gasteiger partial charge in [0.15, 0.2) is 0 Å². The summed E-state index contributed by atoms with van der Waals surface area (Å²) in [5.74, 6) is -1.75. The first-order valence-electron chi connectivity index (χ1n) is 15.9. The highest BCUT2D eigenvalue weighted by Gasteiger charge is 2.48. The molecule has 258 valence electrons. The summed E-state index contributed by atoms with van der Waals surface area (Å²) in [5, 5.41) is 0.0963. The number of fused-ring (bicyclic) bond motifs is 1. The minimum Gasteiger partial charge on any atom is -0.444 e. The second kappa shape index (κ2) is 11.6. The topological polar surface area (TPSA) is 80.1 Å². The lowest BCUT2D eigenvalue weighted by Crippen LogP contribution is -2.71. The summed E-state index contributed by atoms with van der Waals surface area (Å²) in [7, 11) is 0. The average Bonchev–Trinajstić information content (AvgIpc) is 2.95. The van der Waals surface area contributed by atoms with Crippen molar-refractivity contribution in [3.05, 3.63) is 51.9 Å². The molecular weight excluding hydrogens is 657 g/mol. The van der Waals surface area contributed by atoms with Crippen molar-refractivity contribution in [3.63, 3.8) is 0 Å². The van der Waals surface area contributed by atoms with E-state index in [0.29, 0.717) is 25.8 Å². The van der Waals surface area contributed by atoms with Crippen LogP contribution in [0.1, 0.15) is 46.2 Å². The van der Waals surface area contributed by atoms with Crippen LogP contribution in [0.3, 0.4) is 0 Å². The minimum absolute atomic E-state index is 0.0596. The lowest BCUT2D eigenvalue weighted by molar-refractivity contribution is -0.216. The fraction of sp³-hybridized carbons (Fsp3) is 0.545. The molecule has 3 fully saturated rings. The van der Waals surface area contributed by atoms with Crippen molar-refractivity contribution in [3.8, 4) is 11.1 Å². The lowest BCUT2D eigenvalue weighted by atomic mass is 9.93. The third-order valence-electron chi connectivity index (χ3n) is 9.50. The van der Waals surface area contributed by atoms with Gasteiger partial charge in [-0.3, -0.25) is 14.4 Å². The van der Waals surface area contributed by atoms with Gasteiger partial charge in [0.25, 0.3) is 0 Å². The van der Waals surface area contributed by atoms with Gasteiger partial charge < -0.3 is 14.4 Å². The number of thioether (sulfide) groups is 1. The Balaban J connectivity index is 1.40. The maximum atomic E-state index is 15.3. The van der Waals surface area contributed by atoms with Crippen LogP contribution >= 0.6 is 11.8 Å². The first-order chi connectivity index (χ1) is 22.5. The van der Waals surface area contributed by atoms with Crippen molar-refractivity contribution in [2.24, 2.45) is 0 Å². The molecule has 48 heavy (non-hydrogen) atoms. The van der Waals surface area contributed by atoms with Gasteiger partial charge in [-0.05, 0) is 52.8 Å². The Bertz CT molecular complexity index is 1850. The summed E-state index contributed by atoms with van der Waals surface area (Å²) < 4.78 is 86.7. The van der Waals surface area contributed by atoms with E-state index in [0.717, 1.165) is 30.0 Å². The van der Waals surface area contributed by atoms with E-state index >= 15 is 4.39 Å². The van der Waals surface area contributed by atoms with E-state index in [9.17, 15) is 27.2 Å². The van der Waals surface area contributed by atoms with E-state index in [1.807, 2.05) is 0 Å². The number of morpholine rings is 1. The van der Waals surface area contributed by atoms with Gasteiger partial charge >= 0.3 is 18.0 Å². The van der Waals surface area contributed by atoms with Crippen LogP contribution in [0.4, 0.5) is 32.6 Å². The predicted octanol–water partition coefficient (Wildman–Crippen LogP) is 5.92. The number of ether oxygens (including phenoxy) is 2. The van der Waals surface area contributed by atoms with Crippen LogP contribution in [0.2, 0.25) is 0 Å². The van der Waals surface area contributed by atoms with Crippen LogP contribution in [-0.4, -0.2) is 93.8 Å². The van der Waals surface area contributed by atoms with Crippen LogP contribution in [0.15, 0.2) is 34.0 Å². The smallest absolute Gasteiger partial charge is 0.417 e. The SMILES string of the molecule is C[C@@H]1CN(c2nc(=O)n3c4c(c(-c5ccc(F)cc5F)c(C(F)(F)F)cc24)SC[C@@H]3CN2CC3OCC32)C[C@H](C)N1C(=O)OC(C)(C)C. The largest absolute Gasteiger partial charge is 0.444 e. The average molecular weight is 694 g/mol. The molecule has 3 saturated heterocycles. The van der Waals surface area contributed by atoms with E-state index in [1.54, 1.807) is 44.4 Å². The standard InChI is InChI=1S/C33H36F5N5O4S/c1-16-10-41(11-17(2)42(16)31(45)47-32(3,4)5)29-21-9-22(33(36,37)38)26(20-7-6-18(34)8-23(20)35)28-27(21)43(30(44)39-29)19(15-48-28)12-40-13-25-24(40)14-46-25/h6-9,16-17,19,24-25H,10-15H2,1-5H3/t16-,17+,19-,24?,25?/m0/s1. The van der Waals surface area contributed by atoms with Gasteiger partial charge in [-0.1, -0.05) is 0 Å². The Morgan fingerprint density at radius 1 is 1.08 bits per heavy atom. The van der Waals surface area contributed by atoms with Crippen LogP contribution in [-0.2, 0) is 15.7 Å². The van der Waals surface area contributed by atoms with Crippen molar-refractivity contribution in [1.29, 1.82) is 0 Å². The summed E-state index contributed by atoms with van der Waals surface area (Å²) in [6.07, 6.45) is -5.29. The van der Waals surface area contributed by atoms with Crippen molar-refractivity contribution in [2.75, 3.05) is 43.4 Å². The highest BCUT2D eigenvalue weighted by Crippen LogP contribution is 2.51. The molecule has 2 aromatic carbocycles. The van der Waals surface area contributed by atoms with Gasteiger partial charge in [-0.15, -0.1) is 11.8 Å². The maximum absolute atomic E-state index is 15.3. The van der Waals surface area contributed by atoms with Gasteiger partial charge in [-0.25, -0.2) is 18.4 Å². The van der Waals surface area contributed by atoms with E-state index in [1.165, 1.54) is 4.57 Å². The number of rotatable bonds is 4. The van der Waals surface area contributed by atoms with Crippen molar-refractivity contribution >= 4 is 34.6 Å². The molecule has 5 heterocycles. The molecule has 1 amide bonds. The summed E-state index contributed by atoms with van der Waals surface area (Å²) in [4.78, 5) is 37.2. The van der Waals surface area contributed by atoms with E-state index < -0.39 is 70.0 Å². The van der Waals surface area contributed by atoms with Gasteiger partial charge in [0.1, 0.15) is 23.1 Å². The molecule has 3 aromatic rings. The van der Waals surface area contributed by atoms with Crippen molar-refractivity contribution in [2.45, 2.75) is 81.6 Å². The Morgan fingerprint density at radius 3 is 2.35 bits per heavy atom. The minimum atomic E-state index is -4.93. The number of nitrogens with zero attached hydrogens (tertiary/aromatic N) is 5. The monoisotopic (exact) mass is 693 g/mol. The Kier molecular flexibility index (Phi) is 7.98. The van der Waals surface area contributed by atoms with Crippen LogP contribution in [0, 0.1) is 11.6 Å². The first-order valence-corrected chi connectivity index (χ1v) is 16.9. The van der Waals surface area contributed by atoms with Gasteiger partial charge in [0.05, 0.1) is 48.0 Å². The summed E-state index contributed by atoms with van der Waals surface area (Å²) >= 11 is 1.13. The highest BCUT2D eigenvalue weighted by atomic mass is 32.2. The molecule has 9 nitrogen and oxygen atoms in total. The summed E-state index contributed by atoms with van der Waals surface area (Å²) in [5.41, 5.74) is -3.09. The molecule has 1 aromatic heterocycles. The normalized spacial score (nSPS) is 25.8. The van der Waals surface area contributed by atoms with Gasteiger partial charge in [0, 0.05) is 59.4 Å². The highest BCUT2D eigenvalue weighted by molar-refractivity contribution is 7.99. The fourth-order valence-electron chi connectivity index (χ4n) is 7.36. The molecule has 15 heteroatoms. The number of aromatic nitrogens is 2. The molecule has 0 spiro atoms. The Labute approximate surface area is 278 Å². The number of piperazine rings is 1. The number of carbonyl (C=O) groups is 1. The number of anilines is 1. The Morgan fingerprint density at radius 2 is 1.79 bits per heavy atom. The quantitative estimate of drug-likeness (QED) is 0.312. The number of alkyl halides is 3. The number of halogens is 5. The summed E-state index contributed by atoms with van der Waals surface area (Å²) in [6.45, 7) is 11.0. The van der Waals surface area contributed by atoms with Crippen molar-refractivity contribution in [1.82, 2.24) is 19.4 Å². The zero-order valence-corrected chi connectivity index (χ0v) is 27.9. The third-order valence-corrected chi connectivity index (χ3v) is 10.7. The molecule has 4 aliphatic rings. The molecule has 2 unspecified atom stereocenters. The molecule has 0 N–H and O–H groups in total. The predicted molar refractivity (Wildman–Crippen MR) is 170 cm³/mol. The van der Waals surface area contributed by atoms with E-state index in [-0.39, 0.29) is 52.6 Å². The van der Waals surface area contributed by atoms with Gasteiger partial charge in [0.2, 0.25) is 0 Å². The number of hydrogen-bond acceptors (Lipinski definition) is 8. The van der Waals surface area contributed by atoms with E-state index in [4.69, 9.17) is 9.47 Å². The van der Waals surface area contributed by atoms with E-state index in [2.05, 4.69) is 9.88 Å². The number of hydrogen-bond donors (Lipinski definition) is 0. The molecular formula is C33H36F5N5O4S. The second-order valence-corrected chi connectivity index (χ2v) is 15.1. The molecule has 0 aliphatic carbocycles. The number of benzene rings is 2. The third kappa shape index (κ3) is 5.60. The second-order valence-electron chi connectivity index (χ2n) is 14.1. The molecule has 7 rings (SSSR count). The molecule has 4 aliphatic heterocycles. The van der Waals surface area contributed by atoms with Crippen LogP contribution in [0.25, 0.3) is 22.0 Å². The first kappa shape index (κ1) is 33.1. The van der Waals surface area contributed by atoms with Crippen LogP contribution in [0.5, 0.6) is 0 Å². The van der Waals surface area contributed by atoms with Crippen LogP contribution < -0.4 is 10.6 Å². The fourth-order valence-corrected chi connectivity index (χ4v) is 8.69. The molecule has 5 atom stereocenters. The van der Waals surface area contributed by atoms with Gasteiger partial charge in [-0.2, -0.15) is 18.2 Å².